The van der Waals surface area contributed by atoms with Crippen LogP contribution in [0.4, 0.5) is 0 Å². The van der Waals surface area contributed by atoms with E-state index in [-0.39, 0.29) is 0 Å². The molecule has 1 aromatic heterocycles. The van der Waals surface area contributed by atoms with Gasteiger partial charge in [-0.1, -0.05) is 13.0 Å². The van der Waals surface area contributed by atoms with Gasteiger partial charge in [-0.3, -0.25) is 4.90 Å². The third kappa shape index (κ3) is 5.66. The Bertz CT molecular complexity index is 282. The molecule has 0 saturated heterocycles. The number of hydrogen-bond acceptors (Lipinski definition) is 3. The van der Waals surface area contributed by atoms with Crippen LogP contribution >= 0.6 is 11.3 Å². The van der Waals surface area contributed by atoms with Crippen molar-refractivity contribution in [1.29, 1.82) is 0 Å². The molecule has 0 aliphatic rings. The fourth-order valence-electron chi connectivity index (χ4n) is 1.93. The van der Waals surface area contributed by atoms with Gasteiger partial charge in [-0.2, -0.15) is 0 Å². The summed E-state index contributed by atoms with van der Waals surface area (Å²) in [7, 11) is 0. The molecule has 0 aliphatic carbocycles. The van der Waals surface area contributed by atoms with Crippen LogP contribution in [0.3, 0.4) is 0 Å². The lowest BCUT2D eigenvalue weighted by Crippen LogP contribution is -2.35. The third-order valence-corrected chi connectivity index (χ3v) is 3.93. The van der Waals surface area contributed by atoms with E-state index in [4.69, 9.17) is 0 Å². The lowest BCUT2D eigenvalue weighted by atomic mass is 10.2. The van der Waals surface area contributed by atoms with Gasteiger partial charge in [-0.25, -0.2) is 0 Å². The van der Waals surface area contributed by atoms with Crippen LogP contribution < -0.4 is 5.32 Å². The smallest absolute Gasteiger partial charge is 0.0330 e. The van der Waals surface area contributed by atoms with Crippen molar-refractivity contribution < 1.29 is 0 Å². The lowest BCUT2D eigenvalue weighted by molar-refractivity contribution is 0.204. The van der Waals surface area contributed by atoms with E-state index in [9.17, 15) is 0 Å². The molecule has 1 aromatic rings. The molecule has 1 unspecified atom stereocenters. The second-order valence-corrected chi connectivity index (χ2v) is 5.92. The molecule has 0 bridgehead atoms. The predicted octanol–water partition coefficient (Wildman–Crippen LogP) is 3.35. The first-order valence-electron chi connectivity index (χ1n) is 6.63. The average Bonchev–Trinajstić information content (AvgIpc) is 2.76. The highest BCUT2D eigenvalue weighted by atomic mass is 32.1. The van der Waals surface area contributed by atoms with E-state index in [1.54, 1.807) is 0 Å². The van der Waals surface area contributed by atoms with E-state index in [0.29, 0.717) is 12.1 Å². The Labute approximate surface area is 110 Å². The van der Waals surface area contributed by atoms with Crippen LogP contribution in [0, 0.1) is 0 Å². The summed E-state index contributed by atoms with van der Waals surface area (Å²) in [4.78, 5) is 4.02. The van der Waals surface area contributed by atoms with Gasteiger partial charge in [-0.15, -0.1) is 11.3 Å². The Kier molecular flexibility index (Phi) is 6.78. The van der Waals surface area contributed by atoms with E-state index in [0.717, 1.165) is 13.1 Å². The van der Waals surface area contributed by atoms with Crippen molar-refractivity contribution in [3.05, 3.63) is 22.4 Å². The quantitative estimate of drug-likeness (QED) is 0.765. The fourth-order valence-corrected chi connectivity index (χ4v) is 2.66. The van der Waals surface area contributed by atoms with E-state index in [1.165, 1.54) is 17.8 Å². The maximum absolute atomic E-state index is 3.47. The van der Waals surface area contributed by atoms with Gasteiger partial charge in [0.25, 0.3) is 0 Å². The van der Waals surface area contributed by atoms with Crippen LogP contribution in [0.2, 0.25) is 0 Å². The van der Waals surface area contributed by atoms with Crippen molar-refractivity contribution in [3.8, 4) is 0 Å². The fraction of sp³-hybridized carbons (Fsp3) is 0.714. The summed E-state index contributed by atoms with van der Waals surface area (Å²) < 4.78 is 0. The zero-order valence-electron chi connectivity index (χ0n) is 11.6. The van der Waals surface area contributed by atoms with Crippen LogP contribution in [0.25, 0.3) is 0 Å². The van der Waals surface area contributed by atoms with Crippen molar-refractivity contribution in [2.45, 2.75) is 52.7 Å². The van der Waals surface area contributed by atoms with Gasteiger partial charge < -0.3 is 5.32 Å². The number of nitrogens with one attached hydrogen (secondary N) is 1. The van der Waals surface area contributed by atoms with Gasteiger partial charge in [0.1, 0.15) is 0 Å². The van der Waals surface area contributed by atoms with Crippen molar-refractivity contribution in [2.75, 3.05) is 13.1 Å². The molecule has 2 nitrogen and oxygen atoms in total. The summed E-state index contributed by atoms with van der Waals surface area (Å²) in [5.74, 6) is 0. The minimum Gasteiger partial charge on any atom is -0.314 e. The number of rotatable bonds is 8. The standard InChI is InChI=1S/C14H26N2S/c1-5-15-13(4)8-9-16(12(2)3)11-14-7-6-10-17-14/h6-7,10,12-13,15H,5,8-9,11H2,1-4H3. The summed E-state index contributed by atoms with van der Waals surface area (Å²) in [6, 6.07) is 5.60. The highest BCUT2D eigenvalue weighted by Crippen LogP contribution is 2.14. The molecule has 0 aromatic carbocycles. The van der Waals surface area contributed by atoms with E-state index in [1.807, 2.05) is 11.3 Å². The molecule has 0 amide bonds. The molecular formula is C14H26N2S. The van der Waals surface area contributed by atoms with Gasteiger partial charge in [-0.05, 0) is 45.2 Å². The van der Waals surface area contributed by atoms with Gasteiger partial charge in [0.15, 0.2) is 0 Å². The normalized spacial score (nSPS) is 13.5. The Morgan fingerprint density at radius 2 is 2.12 bits per heavy atom. The molecule has 1 atom stereocenters. The molecule has 1 rings (SSSR count). The molecule has 0 radical (unpaired) electrons. The highest BCUT2D eigenvalue weighted by Gasteiger charge is 2.12. The second kappa shape index (κ2) is 7.85. The second-order valence-electron chi connectivity index (χ2n) is 4.89. The molecule has 0 spiro atoms. The van der Waals surface area contributed by atoms with Gasteiger partial charge >= 0.3 is 0 Å². The molecule has 0 aliphatic heterocycles. The van der Waals surface area contributed by atoms with E-state index in [2.05, 4.69) is 55.4 Å². The van der Waals surface area contributed by atoms with Crippen LogP contribution in [0.15, 0.2) is 17.5 Å². The van der Waals surface area contributed by atoms with Crippen molar-refractivity contribution in [3.63, 3.8) is 0 Å². The Hall–Kier alpha value is -0.380. The van der Waals surface area contributed by atoms with Crippen LogP contribution in [0.5, 0.6) is 0 Å². The molecular weight excluding hydrogens is 228 g/mol. The summed E-state index contributed by atoms with van der Waals surface area (Å²) in [6.45, 7) is 12.3. The van der Waals surface area contributed by atoms with E-state index >= 15 is 0 Å². The summed E-state index contributed by atoms with van der Waals surface area (Å²) in [5.41, 5.74) is 0. The van der Waals surface area contributed by atoms with Crippen LogP contribution in [-0.4, -0.2) is 30.1 Å². The Morgan fingerprint density at radius 1 is 1.35 bits per heavy atom. The first kappa shape index (κ1) is 14.7. The van der Waals surface area contributed by atoms with Crippen LogP contribution in [0.1, 0.15) is 39.0 Å². The monoisotopic (exact) mass is 254 g/mol. The first-order valence-corrected chi connectivity index (χ1v) is 7.51. The molecule has 0 saturated carbocycles. The van der Waals surface area contributed by atoms with Gasteiger partial charge in [0.2, 0.25) is 0 Å². The first-order chi connectivity index (χ1) is 8.13. The number of nitrogens with zero attached hydrogens (tertiary/aromatic N) is 1. The van der Waals surface area contributed by atoms with Gasteiger partial charge in [0.05, 0.1) is 0 Å². The topological polar surface area (TPSA) is 15.3 Å². The van der Waals surface area contributed by atoms with Crippen molar-refractivity contribution >= 4 is 11.3 Å². The summed E-state index contributed by atoms with van der Waals surface area (Å²) in [6.07, 6.45) is 1.22. The average molecular weight is 254 g/mol. The predicted molar refractivity (Wildman–Crippen MR) is 77.6 cm³/mol. The molecule has 0 fully saturated rings. The largest absolute Gasteiger partial charge is 0.314 e. The Balaban J connectivity index is 2.38. The highest BCUT2D eigenvalue weighted by molar-refractivity contribution is 7.09. The molecule has 3 heteroatoms. The minimum atomic E-state index is 0.615. The number of thiophene rings is 1. The maximum Gasteiger partial charge on any atom is 0.0330 e. The van der Waals surface area contributed by atoms with Crippen molar-refractivity contribution in [1.82, 2.24) is 10.2 Å². The Morgan fingerprint density at radius 3 is 2.65 bits per heavy atom. The van der Waals surface area contributed by atoms with Crippen molar-refractivity contribution in [2.24, 2.45) is 0 Å². The molecule has 98 valence electrons. The SMILES string of the molecule is CCNC(C)CCN(Cc1cccs1)C(C)C. The third-order valence-electron chi connectivity index (χ3n) is 3.07. The summed E-state index contributed by atoms with van der Waals surface area (Å²) in [5, 5.41) is 5.64. The number of hydrogen-bond donors (Lipinski definition) is 1. The molecule has 1 N–H and O–H groups in total. The lowest BCUT2D eigenvalue weighted by Gasteiger charge is -2.27. The zero-order chi connectivity index (χ0) is 12.7. The summed E-state index contributed by atoms with van der Waals surface area (Å²) >= 11 is 1.86. The zero-order valence-corrected chi connectivity index (χ0v) is 12.4. The van der Waals surface area contributed by atoms with Gasteiger partial charge in [0, 0.05) is 30.1 Å². The molecule has 1 heterocycles. The minimum absolute atomic E-state index is 0.615. The maximum atomic E-state index is 3.47. The van der Waals surface area contributed by atoms with Crippen LogP contribution in [-0.2, 0) is 6.54 Å². The molecule has 17 heavy (non-hydrogen) atoms. The van der Waals surface area contributed by atoms with E-state index < -0.39 is 0 Å².